The SMILES string of the molecule is CCOC1(C(=O)Nc2ccc(CCN(C)C)cc2)CCOC1. The van der Waals surface area contributed by atoms with E-state index in [0.29, 0.717) is 26.2 Å². The molecule has 122 valence electrons. The number of ether oxygens (including phenoxy) is 2. The van der Waals surface area contributed by atoms with E-state index in [4.69, 9.17) is 9.47 Å². The van der Waals surface area contributed by atoms with E-state index in [1.165, 1.54) is 5.56 Å². The summed E-state index contributed by atoms with van der Waals surface area (Å²) in [5.41, 5.74) is 1.22. The third-order valence-corrected chi connectivity index (χ3v) is 3.88. The molecule has 1 N–H and O–H groups in total. The van der Waals surface area contributed by atoms with Crippen molar-refractivity contribution in [2.75, 3.05) is 45.8 Å². The van der Waals surface area contributed by atoms with E-state index in [1.807, 2.05) is 19.1 Å². The average Bonchev–Trinajstić information content (AvgIpc) is 2.97. The van der Waals surface area contributed by atoms with Crippen molar-refractivity contribution in [3.8, 4) is 0 Å². The van der Waals surface area contributed by atoms with Gasteiger partial charge in [0, 0.05) is 25.3 Å². The van der Waals surface area contributed by atoms with Crippen molar-refractivity contribution in [3.63, 3.8) is 0 Å². The van der Waals surface area contributed by atoms with Crippen LogP contribution in [0.2, 0.25) is 0 Å². The average molecular weight is 306 g/mol. The zero-order valence-electron chi connectivity index (χ0n) is 13.7. The van der Waals surface area contributed by atoms with Crippen molar-refractivity contribution in [2.45, 2.75) is 25.4 Å². The van der Waals surface area contributed by atoms with E-state index < -0.39 is 5.60 Å². The summed E-state index contributed by atoms with van der Waals surface area (Å²) in [6.07, 6.45) is 1.60. The highest BCUT2D eigenvalue weighted by Gasteiger charge is 2.43. The van der Waals surface area contributed by atoms with Crippen molar-refractivity contribution in [1.29, 1.82) is 0 Å². The number of benzene rings is 1. The summed E-state index contributed by atoms with van der Waals surface area (Å²) in [5, 5.41) is 2.95. The van der Waals surface area contributed by atoms with E-state index in [2.05, 4.69) is 36.4 Å². The summed E-state index contributed by atoms with van der Waals surface area (Å²) in [6, 6.07) is 7.99. The lowest BCUT2D eigenvalue weighted by molar-refractivity contribution is -0.140. The van der Waals surface area contributed by atoms with Gasteiger partial charge in [-0.1, -0.05) is 12.1 Å². The zero-order chi connectivity index (χ0) is 16.0. The first-order valence-electron chi connectivity index (χ1n) is 7.82. The molecule has 1 amide bonds. The molecule has 1 aliphatic heterocycles. The van der Waals surface area contributed by atoms with Crippen LogP contribution in [0.25, 0.3) is 0 Å². The Hall–Kier alpha value is -1.43. The number of amides is 1. The number of nitrogens with zero attached hydrogens (tertiary/aromatic N) is 1. The van der Waals surface area contributed by atoms with Gasteiger partial charge in [0.15, 0.2) is 5.60 Å². The molecule has 2 rings (SSSR count). The van der Waals surface area contributed by atoms with Crippen LogP contribution >= 0.6 is 0 Å². The molecule has 1 saturated heterocycles. The first-order chi connectivity index (χ1) is 10.6. The lowest BCUT2D eigenvalue weighted by Gasteiger charge is -2.25. The van der Waals surface area contributed by atoms with Crippen LogP contribution in [0.3, 0.4) is 0 Å². The van der Waals surface area contributed by atoms with Gasteiger partial charge in [-0.2, -0.15) is 0 Å². The van der Waals surface area contributed by atoms with Crippen LogP contribution in [0.15, 0.2) is 24.3 Å². The normalized spacial score (nSPS) is 21.3. The van der Waals surface area contributed by atoms with Gasteiger partial charge in [-0.25, -0.2) is 0 Å². The monoisotopic (exact) mass is 306 g/mol. The van der Waals surface area contributed by atoms with E-state index in [9.17, 15) is 4.79 Å². The molecule has 1 unspecified atom stereocenters. The minimum absolute atomic E-state index is 0.118. The number of carbonyl (C=O) groups is 1. The Balaban J connectivity index is 1.96. The fraction of sp³-hybridized carbons (Fsp3) is 0.588. The predicted molar refractivity (Wildman–Crippen MR) is 87.1 cm³/mol. The van der Waals surface area contributed by atoms with Crippen LogP contribution in [-0.4, -0.2) is 56.9 Å². The molecule has 0 bridgehead atoms. The number of nitrogens with one attached hydrogen (secondary N) is 1. The van der Waals surface area contributed by atoms with E-state index in [-0.39, 0.29) is 5.91 Å². The topological polar surface area (TPSA) is 50.8 Å². The molecule has 1 fully saturated rings. The van der Waals surface area contributed by atoms with Gasteiger partial charge in [0.2, 0.25) is 0 Å². The molecule has 1 atom stereocenters. The van der Waals surface area contributed by atoms with Crippen molar-refractivity contribution in [2.24, 2.45) is 0 Å². The second kappa shape index (κ2) is 7.72. The summed E-state index contributed by atoms with van der Waals surface area (Å²) in [6.45, 7) is 4.30. The number of anilines is 1. The Morgan fingerprint density at radius 3 is 2.64 bits per heavy atom. The largest absolute Gasteiger partial charge is 0.378 e. The Labute approximate surface area is 132 Å². The molecule has 0 aromatic heterocycles. The van der Waals surface area contributed by atoms with Gasteiger partial charge in [-0.15, -0.1) is 0 Å². The maximum Gasteiger partial charge on any atom is 0.259 e. The summed E-state index contributed by atoms with van der Waals surface area (Å²) in [5.74, 6) is -0.118. The standard InChI is InChI=1S/C17H26N2O3/c1-4-22-17(10-12-21-13-17)16(20)18-15-7-5-14(6-8-15)9-11-19(2)3/h5-8H,4,9-13H2,1-3H3,(H,18,20). The first kappa shape index (κ1) is 16.9. The number of carbonyl (C=O) groups excluding carboxylic acids is 1. The van der Waals surface area contributed by atoms with Gasteiger partial charge >= 0.3 is 0 Å². The highest BCUT2D eigenvalue weighted by molar-refractivity contribution is 5.97. The smallest absolute Gasteiger partial charge is 0.259 e. The van der Waals surface area contributed by atoms with Gasteiger partial charge in [0.1, 0.15) is 0 Å². The van der Waals surface area contributed by atoms with Gasteiger partial charge in [-0.3, -0.25) is 4.79 Å². The van der Waals surface area contributed by atoms with Gasteiger partial charge in [0.25, 0.3) is 5.91 Å². The van der Waals surface area contributed by atoms with Crippen LogP contribution in [0.5, 0.6) is 0 Å². The second-order valence-corrected chi connectivity index (χ2v) is 5.93. The third-order valence-electron chi connectivity index (χ3n) is 3.88. The Morgan fingerprint density at radius 2 is 2.09 bits per heavy atom. The van der Waals surface area contributed by atoms with Crippen LogP contribution < -0.4 is 5.32 Å². The Kier molecular flexibility index (Phi) is 5.94. The molecule has 1 aromatic carbocycles. The molecule has 5 heteroatoms. The summed E-state index contributed by atoms with van der Waals surface area (Å²) in [4.78, 5) is 14.7. The van der Waals surface area contributed by atoms with Crippen molar-refractivity contribution in [3.05, 3.63) is 29.8 Å². The minimum atomic E-state index is -0.835. The second-order valence-electron chi connectivity index (χ2n) is 5.93. The van der Waals surface area contributed by atoms with Gasteiger partial charge in [0.05, 0.1) is 13.2 Å². The van der Waals surface area contributed by atoms with Gasteiger partial charge < -0.3 is 19.7 Å². The quantitative estimate of drug-likeness (QED) is 0.836. The van der Waals surface area contributed by atoms with Crippen molar-refractivity contribution in [1.82, 2.24) is 4.90 Å². The molecule has 0 aliphatic carbocycles. The van der Waals surface area contributed by atoms with Crippen LogP contribution in [0.1, 0.15) is 18.9 Å². The molecule has 0 saturated carbocycles. The fourth-order valence-electron chi connectivity index (χ4n) is 2.53. The zero-order valence-corrected chi connectivity index (χ0v) is 13.7. The van der Waals surface area contributed by atoms with Gasteiger partial charge in [-0.05, 0) is 45.1 Å². The number of likely N-dealkylation sites (N-methyl/N-ethyl adjacent to an activating group) is 1. The molecular weight excluding hydrogens is 280 g/mol. The molecule has 1 aromatic rings. The third kappa shape index (κ3) is 4.29. The van der Waals surface area contributed by atoms with Crippen LogP contribution in [0.4, 0.5) is 5.69 Å². The highest BCUT2D eigenvalue weighted by atomic mass is 16.6. The fourth-order valence-corrected chi connectivity index (χ4v) is 2.53. The number of rotatable bonds is 7. The summed E-state index contributed by atoms with van der Waals surface area (Å²) >= 11 is 0. The molecule has 1 heterocycles. The molecule has 1 aliphatic rings. The van der Waals surface area contributed by atoms with E-state index >= 15 is 0 Å². The van der Waals surface area contributed by atoms with Crippen LogP contribution in [-0.2, 0) is 20.7 Å². The molecule has 5 nitrogen and oxygen atoms in total. The molecule has 0 radical (unpaired) electrons. The first-order valence-corrected chi connectivity index (χ1v) is 7.82. The Morgan fingerprint density at radius 1 is 1.36 bits per heavy atom. The molecular formula is C17H26N2O3. The maximum atomic E-state index is 12.5. The minimum Gasteiger partial charge on any atom is -0.378 e. The number of hydrogen-bond acceptors (Lipinski definition) is 4. The number of hydrogen-bond donors (Lipinski definition) is 1. The highest BCUT2D eigenvalue weighted by Crippen LogP contribution is 2.25. The van der Waals surface area contributed by atoms with Crippen LogP contribution in [0, 0.1) is 0 Å². The Bertz CT molecular complexity index is 479. The van der Waals surface area contributed by atoms with E-state index in [1.54, 1.807) is 0 Å². The lowest BCUT2D eigenvalue weighted by atomic mass is 10.0. The summed E-state index contributed by atoms with van der Waals surface area (Å²) in [7, 11) is 4.12. The summed E-state index contributed by atoms with van der Waals surface area (Å²) < 4.78 is 11.0. The molecule has 22 heavy (non-hydrogen) atoms. The predicted octanol–water partition coefficient (Wildman–Crippen LogP) is 1.92. The molecule has 0 spiro atoms. The lowest BCUT2D eigenvalue weighted by Crippen LogP contribution is -2.46. The van der Waals surface area contributed by atoms with E-state index in [0.717, 1.165) is 18.7 Å². The maximum absolute atomic E-state index is 12.5. The van der Waals surface area contributed by atoms with Crippen molar-refractivity contribution >= 4 is 11.6 Å². The van der Waals surface area contributed by atoms with Crippen molar-refractivity contribution < 1.29 is 14.3 Å².